The molecule has 0 aliphatic rings. The third-order valence-electron chi connectivity index (χ3n) is 8.99. The largest absolute Gasteiger partial charge is 0.310 e. The van der Waals surface area contributed by atoms with Crippen molar-refractivity contribution in [1.82, 2.24) is 0 Å². The van der Waals surface area contributed by atoms with Crippen LogP contribution in [0.2, 0.25) is 0 Å². The average molecular weight is 617 g/mol. The highest BCUT2D eigenvalue weighted by molar-refractivity contribution is 5.92. The van der Waals surface area contributed by atoms with Crippen LogP contribution in [-0.2, 0) is 0 Å². The second-order valence-electron chi connectivity index (χ2n) is 12.5. The highest BCUT2D eigenvalue weighted by Crippen LogP contribution is 2.41. The topological polar surface area (TPSA) is 6.48 Å². The van der Waals surface area contributed by atoms with Gasteiger partial charge in [0.05, 0.1) is 0 Å². The van der Waals surface area contributed by atoms with Gasteiger partial charge < -0.3 is 9.80 Å². The molecule has 0 amide bonds. The number of anilines is 6. The summed E-state index contributed by atoms with van der Waals surface area (Å²) in [5.74, 6) is 0. The molecule has 8 aromatic rings. The van der Waals surface area contributed by atoms with Gasteiger partial charge in [-0.25, -0.2) is 0 Å². The third-order valence-corrected chi connectivity index (χ3v) is 8.99. The second kappa shape index (κ2) is 12.6. The molecule has 8 rings (SSSR count). The van der Waals surface area contributed by atoms with Crippen LogP contribution >= 0.6 is 0 Å². The fraction of sp³-hybridized carbons (Fsp3) is 0.0435. The lowest BCUT2D eigenvalue weighted by atomic mass is 9.98. The molecule has 0 radical (unpaired) electrons. The van der Waals surface area contributed by atoms with Gasteiger partial charge >= 0.3 is 0 Å². The SMILES string of the molecule is Cc1cc(-c2cc(C)cc(N(c3ccccc3)c3ccc4ccccc4c3)c2)cc(N(c2ccccc2)c2ccc3ccccc3c2)c1. The predicted molar refractivity (Wildman–Crippen MR) is 206 cm³/mol. The molecule has 0 atom stereocenters. The summed E-state index contributed by atoms with van der Waals surface area (Å²) in [6, 6.07) is 65.7. The monoisotopic (exact) mass is 616 g/mol. The number of rotatable bonds is 7. The number of hydrogen-bond acceptors (Lipinski definition) is 2. The van der Waals surface area contributed by atoms with E-state index in [1.807, 2.05) is 0 Å². The smallest absolute Gasteiger partial charge is 0.0470 e. The molecule has 0 bridgehead atoms. The first-order valence-corrected chi connectivity index (χ1v) is 16.5. The summed E-state index contributed by atoms with van der Waals surface area (Å²) in [6.07, 6.45) is 0. The van der Waals surface area contributed by atoms with Gasteiger partial charge in [0.1, 0.15) is 0 Å². The van der Waals surface area contributed by atoms with Crippen molar-refractivity contribution >= 4 is 55.7 Å². The van der Waals surface area contributed by atoms with Crippen LogP contribution in [0.5, 0.6) is 0 Å². The van der Waals surface area contributed by atoms with Gasteiger partial charge in [-0.2, -0.15) is 0 Å². The minimum absolute atomic E-state index is 1.13. The lowest BCUT2D eigenvalue weighted by Gasteiger charge is -2.28. The van der Waals surface area contributed by atoms with E-state index in [9.17, 15) is 0 Å². The zero-order valence-electron chi connectivity index (χ0n) is 27.2. The highest BCUT2D eigenvalue weighted by Gasteiger charge is 2.17. The lowest BCUT2D eigenvalue weighted by molar-refractivity contribution is 1.27. The predicted octanol–water partition coefficient (Wildman–Crippen LogP) is 13.2. The first kappa shape index (κ1) is 29.3. The molecule has 0 saturated carbocycles. The molecule has 0 aromatic heterocycles. The van der Waals surface area contributed by atoms with Crippen molar-refractivity contribution in [1.29, 1.82) is 0 Å². The van der Waals surface area contributed by atoms with Crippen LogP contribution in [0.1, 0.15) is 11.1 Å². The number of nitrogens with zero attached hydrogens (tertiary/aromatic N) is 2. The summed E-state index contributed by atoms with van der Waals surface area (Å²) >= 11 is 0. The third kappa shape index (κ3) is 5.81. The Morgan fingerprint density at radius 2 is 0.646 bits per heavy atom. The quantitative estimate of drug-likeness (QED) is 0.176. The maximum Gasteiger partial charge on any atom is 0.0470 e. The maximum atomic E-state index is 2.37. The van der Waals surface area contributed by atoms with Gasteiger partial charge in [0.15, 0.2) is 0 Å². The van der Waals surface area contributed by atoms with Crippen molar-refractivity contribution in [3.63, 3.8) is 0 Å². The van der Waals surface area contributed by atoms with Crippen LogP contribution in [0.3, 0.4) is 0 Å². The van der Waals surface area contributed by atoms with Crippen LogP contribution in [0.15, 0.2) is 182 Å². The highest BCUT2D eigenvalue weighted by atomic mass is 15.1. The van der Waals surface area contributed by atoms with E-state index in [-0.39, 0.29) is 0 Å². The molecule has 2 nitrogen and oxygen atoms in total. The van der Waals surface area contributed by atoms with Crippen molar-refractivity contribution in [3.05, 3.63) is 193 Å². The summed E-state index contributed by atoms with van der Waals surface area (Å²) in [6.45, 7) is 4.39. The molecule has 0 heterocycles. The zero-order valence-corrected chi connectivity index (χ0v) is 27.2. The van der Waals surface area contributed by atoms with Gasteiger partial charge in [0.25, 0.3) is 0 Å². The fourth-order valence-corrected chi connectivity index (χ4v) is 6.80. The van der Waals surface area contributed by atoms with Crippen LogP contribution in [0.4, 0.5) is 34.1 Å². The number of benzene rings is 8. The van der Waals surface area contributed by atoms with E-state index in [0.29, 0.717) is 0 Å². The van der Waals surface area contributed by atoms with Crippen LogP contribution in [-0.4, -0.2) is 0 Å². The molecule has 48 heavy (non-hydrogen) atoms. The maximum absolute atomic E-state index is 2.37. The Kier molecular flexibility index (Phi) is 7.68. The molecule has 0 N–H and O–H groups in total. The van der Waals surface area contributed by atoms with Gasteiger partial charge in [-0.05, 0) is 130 Å². The van der Waals surface area contributed by atoms with Crippen molar-refractivity contribution in [2.75, 3.05) is 9.80 Å². The van der Waals surface area contributed by atoms with E-state index in [0.717, 1.165) is 34.1 Å². The molecule has 0 aliphatic carbocycles. The van der Waals surface area contributed by atoms with Crippen LogP contribution in [0.25, 0.3) is 32.7 Å². The summed E-state index contributed by atoms with van der Waals surface area (Å²) in [5, 5.41) is 4.92. The van der Waals surface area contributed by atoms with Crippen molar-refractivity contribution in [2.24, 2.45) is 0 Å². The number of aryl methyl sites for hydroxylation is 2. The van der Waals surface area contributed by atoms with Gasteiger partial charge in [0.2, 0.25) is 0 Å². The molecule has 2 heteroatoms. The van der Waals surface area contributed by atoms with E-state index in [1.165, 1.54) is 43.8 Å². The number of fused-ring (bicyclic) bond motifs is 2. The fourth-order valence-electron chi connectivity index (χ4n) is 6.80. The zero-order chi connectivity index (χ0) is 32.5. The Morgan fingerprint density at radius 3 is 1.06 bits per heavy atom. The Bertz CT molecular complexity index is 2210. The van der Waals surface area contributed by atoms with Crippen LogP contribution < -0.4 is 9.80 Å². The number of para-hydroxylation sites is 2. The summed E-state index contributed by atoms with van der Waals surface area (Å²) in [5.41, 5.74) is 11.6. The minimum Gasteiger partial charge on any atom is -0.310 e. The summed E-state index contributed by atoms with van der Waals surface area (Å²) < 4.78 is 0. The molecule has 0 aliphatic heterocycles. The first-order chi connectivity index (χ1) is 23.6. The van der Waals surface area contributed by atoms with Gasteiger partial charge in [-0.15, -0.1) is 0 Å². The minimum atomic E-state index is 1.13. The molecule has 0 fully saturated rings. The molecular weight excluding hydrogens is 581 g/mol. The second-order valence-corrected chi connectivity index (χ2v) is 12.5. The van der Waals surface area contributed by atoms with Crippen molar-refractivity contribution < 1.29 is 0 Å². The van der Waals surface area contributed by atoms with Crippen molar-refractivity contribution in [2.45, 2.75) is 13.8 Å². The van der Waals surface area contributed by atoms with Gasteiger partial charge in [-0.1, -0.05) is 109 Å². The van der Waals surface area contributed by atoms with Crippen molar-refractivity contribution in [3.8, 4) is 11.1 Å². The normalized spacial score (nSPS) is 11.1. The van der Waals surface area contributed by atoms with E-state index in [1.54, 1.807) is 0 Å². The van der Waals surface area contributed by atoms with Gasteiger partial charge in [-0.3, -0.25) is 0 Å². The first-order valence-electron chi connectivity index (χ1n) is 16.5. The Morgan fingerprint density at radius 1 is 0.271 bits per heavy atom. The van der Waals surface area contributed by atoms with Gasteiger partial charge in [0, 0.05) is 34.1 Å². The number of hydrogen-bond donors (Lipinski definition) is 0. The summed E-state index contributed by atoms with van der Waals surface area (Å²) in [7, 11) is 0. The molecule has 0 unspecified atom stereocenters. The molecular formula is C46H36N2. The van der Waals surface area contributed by atoms with E-state index in [2.05, 4.69) is 206 Å². The molecule has 0 spiro atoms. The Hall–Kier alpha value is -6.12. The Labute approximate surface area is 282 Å². The van der Waals surface area contributed by atoms with Crippen LogP contribution in [0, 0.1) is 13.8 Å². The van der Waals surface area contributed by atoms with E-state index in [4.69, 9.17) is 0 Å². The summed E-state index contributed by atoms with van der Waals surface area (Å²) in [4.78, 5) is 4.73. The molecule has 8 aromatic carbocycles. The molecule has 0 saturated heterocycles. The average Bonchev–Trinajstić information content (AvgIpc) is 3.12. The lowest BCUT2D eigenvalue weighted by Crippen LogP contribution is -2.11. The van der Waals surface area contributed by atoms with E-state index < -0.39 is 0 Å². The molecule has 230 valence electrons. The standard InChI is InChI=1S/C46H36N2/c1-33-25-39(31-45(27-33)47(41-17-5-3-6-18-41)43-23-21-35-13-9-11-15-37(35)29-43)40-26-34(2)28-46(32-40)48(42-19-7-4-8-20-42)44-24-22-36-14-10-12-16-38(36)30-44/h3-32H,1-2H3. The van der Waals surface area contributed by atoms with E-state index >= 15 is 0 Å². The Balaban J connectivity index is 1.27.